The van der Waals surface area contributed by atoms with Crippen molar-refractivity contribution in [2.45, 2.75) is 236 Å². The van der Waals surface area contributed by atoms with Crippen LogP contribution in [0.25, 0.3) is 0 Å². The number of nitriles is 1. The zero-order valence-corrected chi connectivity index (χ0v) is 58.0. The van der Waals surface area contributed by atoms with Gasteiger partial charge in [-0.25, -0.2) is 0 Å². The number of rotatable bonds is 39. The summed E-state index contributed by atoms with van der Waals surface area (Å²) in [5.74, 6) is -6.44. The average Bonchev–Trinajstić information content (AvgIpc) is 2.35. The molecule has 0 saturated heterocycles. The van der Waals surface area contributed by atoms with E-state index in [-0.39, 0.29) is 79.4 Å². The molecule has 0 fully saturated rings. The zero-order valence-electron chi connectivity index (χ0n) is 58.0. The number of hydrogen-bond donors (Lipinski definition) is 5. The highest BCUT2D eigenvalue weighted by Gasteiger charge is 2.40. The number of nitrogens with zero attached hydrogens (tertiary/aromatic N) is 7. The van der Waals surface area contributed by atoms with Crippen LogP contribution in [-0.4, -0.2) is 205 Å². The van der Waals surface area contributed by atoms with Crippen LogP contribution >= 0.6 is 0 Å². The normalized spacial score (nSPS) is 15.0. The molecule has 23 nitrogen and oxygen atoms in total. The summed E-state index contributed by atoms with van der Waals surface area (Å²) in [5.41, 5.74) is 0. The maximum Gasteiger partial charge on any atom is 0.245 e. The summed E-state index contributed by atoms with van der Waals surface area (Å²) in [4.78, 5) is 161. The van der Waals surface area contributed by atoms with Crippen molar-refractivity contribution in [2.75, 3.05) is 55.9 Å². The van der Waals surface area contributed by atoms with Crippen LogP contribution in [0.5, 0.6) is 0 Å². The van der Waals surface area contributed by atoms with Gasteiger partial charge in [-0.15, -0.1) is 0 Å². The van der Waals surface area contributed by atoms with E-state index in [9.17, 15) is 52.7 Å². The molecule has 0 rings (SSSR count). The predicted octanol–water partition coefficient (Wildman–Crippen LogP) is 5.27. The molecule has 502 valence electrons. The molecule has 88 heavy (non-hydrogen) atoms. The molecule has 0 aliphatic rings. The van der Waals surface area contributed by atoms with E-state index in [1.54, 1.807) is 34.9 Å². The zero-order chi connectivity index (χ0) is 68.2. The van der Waals surface area contributed by atoms with Crippen molar-refractivity contribution in [3.05, 3.63) is 12.2 Å². The fraction of sp³-hybridized carbons (Fsp3) is 0.785. The molecule has 0 aliphatic heterocycles. The Morgan fingerprint density at radius 3 is 1.36 bits per heavy atom. The van der Waals surface area contributed by atoms with Crippen molar-refractivity contribution in [3.63, 3.8) is 0 Å². The second-order valence-electron chi connectivity index (χ2n) is 26.6. The molecule has 11 amide bonds. The molecule has 2 unspecified atom stereocenters. The fourth-order valence-electron chi connectivity index (χ4n) is 10.2. The van der Waals surface area contributed by atoms with Gasteiger partial charge in [-0.1, -0.05) is 109 Å². The summed E-state index contributed by atoms with van der Waals surface area (Å²) >= 11 is 0. The van der Waals surface area contributed by atoms with Crippen LogP contribution in [0.2, 0.25) is 0 Å². The van der Waals surface area contributed by atoms with Crippen molar-refractivity contribution in [1.29, 1.82) is 5.26 Å². The monoisotopic (exact) mass is 1240 g/mol. The molecule has 23 heteroatoms. The van der Waals surface area contributed by atoms with Crippen LogP contribution in [0.15, 0.2) is 12.2 Å². The van der Waals surface area contributed by atoms with Crippen molar-refractivity contribution < 1.29 is 52.7 Å². The molecule has 0 aromatic heterocycles. The highest BCUT2D eigenvalue weighted by molar-refractivity contribution is 5.98. The van der Waals surface area contributed by atoms with Crippen LogP contribution in [0.3, 0.4) is 0 Å². The van der Waals surface area contributed by atoms with E-state index in [0.29, 0.717) is 25.7 Å². The minimum Gasteiger partial charge on any atom is -0.357 e. The lowest BCUT2D eigenvalue weighted by Gasteiger charge is -2.36. The first-order valence-corrected chi connectivity index (χ1v) is 31.8. The smallest absolute Gasteiger partial charge is 0.245 e. The summed E-state index contributed by atoms with van der Waals surface area (Å²) in [5, 5.41) is 22.6. The van der Waals surface area contributed by atoms with E-state index in [0.717, 1.165) is 12.8 Å². The van der Waals surface area contributed by atoms with Gasteiger partial charge in [-0.05, 0) is 113 Å². The lowest BCUT2D eigenvalue weighted by atomic mass is 9.95. The molecule has 0 radical (unpaired) electrons. The van der Waals surface area contributed by atoms with Gasteiger partial charge in [-0.2, -0.15) is 5.26 Å². The van der Waals surface area contributed by atoms with Crippen molar-refractivity contribution in [2.24, 2.45) is 41.4 Å². The SMILES string of the molecule is CC[C@H](NC(=O)C(C[C@H](C)C/C=C/CCCC#N)N(C)C(=O)CC(C)C)C(=O)N(C)CC(=O)N(C)[C@@H](CC(C)C)C(=O)N[C@H](C(=O)N(C)[C@@H](CC(C)C)C(=O)N[C@H](C)C(=O)NC(C)C(=O)N(C)[C@@H](CC(C)C)C(=O)N(C)[C@@H](CC(C)C)C(=O)NC)C(C)C. The van der Waals surface area contributed by atoms with E-state index in [2.05, 4.69) is 32.7 Å². The second-order valence-corrected chi connectivity index (χ2v) is 26.6. The number of carbonyl (C=O) groups excluding carboxylic acids is 11. The maximum atomic E-state index is 14.6. The number of carbonyl (C=O) groups is 11. The van der Waals surface area contributed by atoms with Gasteiger partial charge in [0.2, 0.25) is 65.0 Å². The second kappa shape index (κ2) is 40.1. The molecule has 0 saturated carbocycles. The number of hydrogen-bond acceptors (Lipinski definition) is 12. The predicted molar refractivity (Wildman–Crippen MR) is 343 cm³/mol. The van der Waals surface area contributed by atoms with Gasteiger partial charge in [-0.3, -0.25) is 52.7 Å². The highest BCUT2D eigenvalue weighted by Crippen LogP contribution is 2.22. The number of amides is 11. The van der Waals surface area contributed by atoms with E-state index in [4.69, 9.17) is 5.26 Å². The highest BCUT2D eigenvalue weighted by atomic mass is 16.2. The van der Waals surface area contributed by atoms with Gasteiger partial charge in [0.1, 0.15) is 54.4 Å². The van der Waals surface area contributed by atoms with Crippen molar-refractivity contribution in [3.8, 4) is 6.07 Å². The third-order valence-electron chi connectivity index (χ3n) is 15.7. The van der Waals surface area contributed by atoms with Crippen LogP contribution in [0.4, 0.5) is 0 Å². The third-order valence-corrected chi connectivity index (χ3v) is 15.7. The van der Waals surface area contributed by atoms with Gasteiger partial charge >= 0.3 is 0 Å². The standard InChI is InChI=1S/C65H116N12O11/c1-24-48(70-60(83)52(73(19)54(78)36-43(10)11)37-45(14)30-28-26-25-27-29-31-66)63(86)72(18)38-55(79)74(20)50(33-40(4)5)61(84)71-56(44(12)13)65(88)76(22)51(34-41(6)7)59(82)68-46(15)57(80)69-47(16)62(85)77(23)53(35-42(8)9)64(87)75(21)49(32-39(2)3)58(81)67-17/h26,28,39-53,56H,24-25,27,29-30,32-38H2,1-23H3,(H,67,81)(H,68,82)(H,69,80)(H,70,83)(H,71,84)/b28-26+/t45-,46-,47?,48+,49+,50+,51+,52?,53+,56+/m1/s1. The average molecular weight is 1240 g/mol. The van der Waals surface area contributed by atoms with Gasteiger partial charge in [0, 0.05) is 62.2 Å². The van der Waals surface area contributed by atoms with Crippen molar-refractivity contribution >= 4 is 65.0 Å². The van der Waals surface area contributed by atoms with Crippen molar-refractivity contribution in [1.82, 2.24) is 56.0 Å². The Kier molecular flexibility index (Phi) is 37.1. The van der Waals surface area contributed by atoms with Gasteiger partial charge in [0.25, 0.3) is 0 Å². The first-order chi connectivity index (χ1) is 40.8. The number of likely N-dealkylation sites (N-methyl/N-ethyl adjacent to an activating group) is 7. The quantitative estimate of drug-likeness (QED) is 0.0389. The topological polar surface area (TPSA) is 291 Å². The van der Waals surface area contributed by atoms with Gasteiger partial charge in [0.15, 0.2) is 0 Å². The first kappa shape index (κ1) is 81.4. The minimum atomic E-state index is -1.20. The van der Waals surface area contributed by atoms with Crippen LogP contribution in [0.1, 0.15) is 181 Å². The fourth-order valence-corrected chi connectivity index (χ4v) is 10.2. The molecule has 0 bridgehead atoms. The summed E-state index contributed by atoms with van der Waals surface area (Å²) in [7, 11) is 10.4. The lowest BCUT2D eigenvalue weighted by molar-refractivity contribution is -0.149. The molecule has 0 spiro atoms. The molecular formula is C65H116N12O11. The first-order valence-electron chi connectivity index (χ1n) is 31.8. The molecular weight excluding hydrogens is 1120 g/mol. The molecule has 10 atom stereocenters. The summed E-state index contributed by atoms with van der Waals surface area (Å²) in [6.07, 6.45) is 8.38. The molecule has 0 aromatic rings. The Morgan fingerprint density at radius 2 is 0.886 bits per heavy atom. The largest absolute Gasteiger partial charge is 0.357 e. The lowest BCUT2D eigenvalue weighted by Crippen LogP contribution is -2.60. The molecule has 0 aromatic carbocycles. The Balaban J connectivity index is 6.48. The van der Waals surface area contributed by atoms with Crippen LogP contribution in [-0.2, 0) is 52.7 Å². The summed E-state index contributed by atoms with van der Waals surface area (Å²) in [6, 6.07) is -7.27. The van der Waals surface area contributed by atoms with Gasteiger partial charge < -0.3 is 56.0 Å². The summed E-state index contributed by atoms with van der Waals surface area (Å²) in [6.45, 7) is 28.6. The molecule has 0 aliphatic carbocycles. The minimum absolute atomic E-state index is 0.0132. The number of allylic oxidation sites excluding steroid dienone is 2. The van der Waals surface area contributed by atoms with Crippen LogP contribution < -0.4 is 26.6 Å². The Labute approximate surface area is 528 Å². The maximum absolute atomic E-state index is 14.6. The Hall–Kier alpha value is -6.60. The van der Waals surface area contributed by atoms with E-state index in [1.165, 1.54) is 78.5 Å². The molecule has 5 N–H and O–H groups in total. The van der Waals surface area contributed by atoms with E-state index < -0.39 is 120 Å². The number of nitrogens with one attached hydrogen (secondary N) is 5. The Bertz CT molecular complexity index is 2370. The van der Waals surface area contributed by atoms with E-state index in [1.807, 2.05) is 88.3 Å². The molecule has 0 heterocycles. The van der Waals surface area contributed by atoms with Gasteiger partial charge in [0.05, 0.1) is 12.6 Å². The third kappa shape index (κ3) is 27.4. The van der Waals surface area contributed by atoms with E-state index >= 15 is 0 Å². The Morgan fingerprint density at radius 1 is 0.455 bits per heavy atom. The summed E-state index contributed by atoms with van der Waals surface area (Å²) < 4.78 is 0. The van der Waals surface area contributed by atoms with Crippen LogP contribution in [0, 0.1) is 52.8 Å². The number of unbranched alkanes of at least 4 members (excludes halogenated alkanes) is 2.